The summed E-state index contributed by atoms with van der Waals surface area (Å²) in [5, 5.41) is 2.04. The third-order valence-electron chi connectivity index (χ3n) is 3.32. The van der Waals surface area contributed by atoms with Crippen LogP contribution in [0.4, 0.5) is 0 Å². The molecule has 0 aromatic carbocycles. The zero-order valence-electron chi connectivity index (χ0n) is 11.0. The van der Waals surface area contributed by atoms with Gasteiger partial charge in [-0.25, -0.2) is 0 Å². The largest absolute Gasteiger partial charge is 0.279 e. The van der Waals surface area contributed by atoms with E-state index in [0.717, 1.165) is 13.3 Å². The second kappa shape index (κ2) is 10.1. The van der Waals surface area contributed by atoms with Crippen LogP contribution in [0.2, 0.25) is 0 Å². The molecule has 0 spiro atoms. The predicted octanol–water partition coefficient (Wildman–Crippen LogP) is 4.50. The highest BCUT2D eigenvalue weighted by Gasteiger charge is 2.16. The normalized spacial score (nSPS) is 18.9. The number of nitrogens with zero attached hydrogens (tertiary/aromatic N) is 1. The Labute approximate surface area is 101 Å². The molecule has 0 radical (unpaired) electrons. The fourth-order valence-electron chi connectivity index (χ4n) is 2.12. The molecule has 0 aliphatic carbocycles. The van der Waals surface area contributed by atoms with Crippen LogP contribution in [0, 0.1) is 0 Å². The highest BCUT2D eigenvalue weighted by atomic mass is 16.8. The molecule has 1 saturated heterocycles. The third-order valence-corrected chi connectivity index (χ3v) is 3.32. The predicted molar refractivity (Wildman–Crippen MR) is 69.1 cm³/mol. The van der Waals surface area contributed by atoms with Crippen molar-refractivity contribution in [3.05, 3.63) is 0 Å². The Balaban J connectivity index is 1.61. The molecule has 0 N–H and O–H groups in total. The Bertz CT molecular complexity index is 146. The van der Waals surface area contributed by atoms with Crippen LogP contribution in [0.1, 0.15) is 77.6 Å². The van der Waals surface area contributed by atoms with Crippen LogP contribution < -0.4 is 0 Å². The van der Waals surface area contributed by atoms with Gasteiger partial charge in [0, 0.05) is 6.54 Å². The molecule has 96 valence electrons. The minimum Gasteiger partial charge on any atom is -0.279 e. The molecule has 1 aliphatic heterocycles. The SMILES string of the molecule is CCCCCCCCCCCCCN1CO1. The van der Waals surface area contributed by atoms with Gasteiger partial charge in [-0.05, 0) is 6.42 Å². The van der Waals surface area contributed by atoms with Crippen molar-refractivity contribution in [1.29, 1.82) is 0 Å². The van der Waals surface area contributed by atoms with Crippen molar-refractivity contribution >= 4 is 0 Å². The number of hydrogen-bond donors (Lipinski definition) is 0. The van der Waals surface area contributed by atoms with Gasteiger partial charge < -0.3 is 0 Å². The maximum Gasteiger partial charge on any atom is 0.144 e. The van der Waals surface area contributed by atoms with E-state index in [4.69, 9.17) is 4.84 Å². The molecule has 1 fully saturated rings. The summed E-state index contributed by atoms with van der Waals surface area (Å²) in [5.41, 5.74) is 0. The van der Waals surface area contributed by atoms with E-state index >= 15 is 0 Å². The van der Waals surface area contributed by atoms with Gasteiger partial charge in [0.15, 0.2) is 0 Å². The van der Waals surface area contributed by atoms with Gasteiger partial charge in [-0.15, -0.1) is 0 Å². The average Bonchev–Trinajstić information content (AvgIpc) is 3.10. The van der Waals surface area contributed by atoms with Crippen LogP contribution in [0.25, 0.3) is 0 Å². The number of hydroxylamine groups is 2. The standard InChI is InChI=1S/C14H29NO/c1-2-3-4-5-6-7-8-9-10-11-12-13-15-14-16-15/h2-14H2,1H3. The van der Waals surface area contributed by atoms with Gasteiger partial charge in [0.1, 0.15) is 6.73 Å². The number of hydrogen-bond acceptors (Lipinski definition) is 2. The topological polar surface area (TPSA) is 15.5 Å². The molecular weight excluding hydrogens is 198 g/mol. The van der Waals surface area contributed by atoms with Crippen molar-refractivity contribution in [3.8, 4) is 0 Å². The highest BCUT2D eigenvalue weighted by molar-refractivity contribution is 4.51. The van der Waals surface area contributed by atoms with Crippen molar-refractivity contribution in [2.45, 2.75) is 77.6 Å². The Hall–Kier alpha value is -0.0800. The average molecular weight is 227 g/mol. The molecule has 2 heteroatoms. The molecule has 0 bridgehead atoms. The number of rotatable bonds is 12. The van der Waals surface area contributed by atoms with E-state index in [2.05, 4.69) is 6.92 Å². The molecule has 0 saturated carbocycles. The molecule has 1 heterocycles. The maximum absolute atomic E-state index is 5.03. The van der Waals surface area contributed by atoms with E-state index in [9.17, 15) is 0 Å². The molecule has 1 aliphatic rings. The molecule has 1 unspecified atom stereocenters. The highest BCUT2D eigenvalue weighted by Crippen LogP contribution is 2.13. The Morgan fingerprint density at radius 1 is 0.750 bits per heavy atom. The molecule has 0 amide bonds. The summed E-state index contributed by atoms with van der Waals surface area (Å²) < 4.78 is 0. The summed E-state index contributed by atoms with van der Waals surface area (Å²) in [6, 6.07) is 0. The summed E-state index contributed by atoms with van der Waals surface area (Å²) in [6.45, 7) is 4.30. The maximum atomic E-state index is 5.03. The van der Waals surface area contributed by atoms with Crippen molar-refractivity contribution in [2.75, 3.05) is 13.3 Å². The van der Waals surface area contributed by atoms with E-state index in [-0.39, 0.29) is 0 Å². The lowest BCUT2D eigenvalue weighted by atomic mass is 10.1. The Morgan fingerprint density at radius 2 is 1.19 bits per heavy atom. The summed E-state index contributed by atoms with van der Waals surface area (Å²) in [5.74, 6) is 0. The molecule has 1 rings (SSSR count). The van der Waals surface area contributed by atoms with Gasteiger partial charge >= 0.3 is 0 Å². The lowest BCUT2D eigenvalue weighted by molar-refractivity contribution is 0.197. The second-order valence-electron chi connectivity index (χ2n) is 5.00. The van der Waals surface area contributed by atoms with Gasteiger partial charge in [0.2, 0.25) is 0 Å². The fraction of sp³-hybridized carbons (Fsp3) is 1.00. The zero-order chi connectivity index (χ0) is 11.5. The summed E-state index contributed by atoms with van der Waals surface area (Å²) in [6.07, 6.45) is 15.6. The van der Waals surface area contributed by atoms with Gasteiger partial charge in [0.05, 0.1) is 0 Å². The van der Waals surface area contributed by atoms with Crippen molar-refractivity contribution < 1.29 is 4.84 Å². The van der Waals surface area contributed by atoms with Crippen molar-refractivity contribution in [3.63, 3.8) is 0 Å². The Morgan fingerprint density at radius 3 is 1.62 bits per heavy atom. The lowest BCUT2D eigenvalue weighted by Crippen LogP contribution is -1.97. The van der Waals surface area contributed by atoms with Crippen LogP contribution in [0.5, 0.6) is 0 Å². The summed E-state index contributed by atoms with van der Waals surface area (Å²) in [7, 11) is 0. The lowest BCUT2D eigenvalue weighted by Gasteiger charge is -2.02. The van der Waals surface area contributed by atoms with Crippen LogP contribution in [0.15, 0.2) is 0 Å². The molecule has 2 nitrogen and oxygen atoms in total. The molecular formula is C14H29NO. The molecule has 0 aromatic heterocycles. The second-order valence-corrected chi connectivity index (χ2v) is 5.00. The van der Waals surface area contributed by atoms with Gasteiger partial charge in [0.25, 0.3) is 0 Å². The minimum atomic E-state index is 0.873. The van der Waals surface area contributed by atoms with Gasteiger partial charge in [-0.2, -0.15) is 5.06 Å². The van der Waals surface area contributed by atoms with Gasteiger partial charge in [-0.3, -0.25) is 4.84 Å². The molecule has 0 aromatic rings. The van der Waals surface area contributed by atoms with Crippen molar-refractivity contribution in [2.24, 2.45) is 0 Å². The van der Waals surface area contributed by atoms with Crippen LogP contribution in [0.3, 0.4) is 0 Å². The van der Waals surface area contributed by atoms with Crippen LogP contribution in [-0.2, 0) is 4.84 Å². The first-order valence-corrected chi connectivity index (χ1v) is 7.31. The van der Waals surface area contributed by atoms with Crippen LogP contribution >= 0.6 is 0 Å². The van der Waals surface area contributed by atoms with E-state index in [1.165, 1.54) is 70.6 Å². The summed E-state index contributed by atoms with van der Waals surface area (Å²) in [4.78, 5) is 5.03. The Kier molecular flexibility index (Phi) is 8.83. The minimum absolute atomic E-state index is 0.873. The monoisotopic (exact) mass is 227 g/mol. The first-order chi connectivity index (χ1) is 7.93. The van der Waals surface area contributed by atoms with E-state index in [1.807, 2.05) is 5.06 Å². The van der Waals surface area contributed by atoms with Gasteiger partial charge in [-0.1, -0.05) is 71.1 Å². The zero-order valence-corrected chi connectivity index (χ0v) is 11.0. The van der Waals surface area contributed by atoms with Crippen molar-refractivity contribution in [1.82, 2.24) is 5.06 Å². The number of unbranched alkanes of at least 4 members (excludes halogenated alkanes) is 10. The van der Waals surface area contributed by atoms with E-state index < -0.39 is 0 Å². The van der Waals surface area contributed by atoms with E-state index in [1.54, 1.807) is 0 Å². The van der Waals surface area contributed by atoms with Crippen LogP contribution in [-0.4, -0.2) is 18.3 Å². The first kappa shape index (κ1) is 14.0. The molecule has 16 heavy (non-hydrogen) atoms. The smallest absolute Gasteiger partial charge is 0.144 e. The third kappa shape index (κ3) is 9.17. The fourth-order valence-corrected chi connectivity index (χ4v) is 2.12. The quantitative estimate of drug-likeness (QED) is 0.360. The molecule has 1 atom stereocenters. The first-order valence-electron chi connectivity index (χ1n) is 7.31. The van der Waals surface area contributed by atoms with E-state index in [0.29, 0.717) is 0 Å². The summed E-state index contributed by atoms with van der Waals surface area (Å²) >= 11 is 0.